The predicted octanol–water partition coefficient (Wildman–Crippen LogP) is -7.02. The molecule has 16 heavy (non-hydrogen) atoms. The van der Waals surface area contributed by atoms with E-state index in [0.717, 1.165) is 0 Å². The minimum atomic E-state index is -4.42. The Balaban J connectivity index is -0.000000105. The zero-order valence-corrected chi connectivity index (χ0v) is 15.9. The van der Waals surface area contributed by atoms with Gasteiger partial charge in [-0.3, -0.25) is 13.3 Å². The van der Waals surface area contributed by atoms with Crippen molar-refractivity contribution in [1.82, 2.24) is 0 Å². The van der Waals surface area contributed by atoms with E-state index in [1.54, 1.807) is 0 Å². The fourth-order valence-corrected chi connectivity index (χ4v) is 5.69. The van der Waals surface area contributed by atoms with Crippen molar-refractivity contribution < 1.29 is 98.4 Å². The van der Waals surface area contributed by atoms with Crippen molar-refractivity contribution in [2.75, 3.05) is 0 Å². The van der Waals surface area contributed by atoms with Gasteiger partial charge >= 0.3 is 77.4 Å². The third-order valence-electron chi connectivity index (χ3n) is 0.200. The molecule has 0 aromatic heterocycles. The average Bonchev–Trinajstić information content (AvgIpc) is 1.79. The molecule has 0 bridgehead atoms. The molecule has 0 radical (unpaired) electrons. The molecule has 9 nitrogen and oxygen atoms in total. The molecule has 0 atom stereocenters. The maximum absolute atomic E-state index is 9.80. The summed E-state index contributed by atoms with van der Waals surface area (Å²) in [6.45, 7) is 0. The molecule has 0 aliphatic carbocycles. The maximum Gasteiger partial charge on any atom is 1.00 e. The van der Waals surface area contributed by atoms with Gasteiger partial charge in [-0.2, -0.15) is 16.8 Å². The second-order valence-corrected chi connectivity index (χ2v) is 9.38. The van der Waals surface area contributed by atoms with Gasteiger partial charge in [0.2, 0.25) is 0 Å². The molecular formula is H2Na2O9S5. The zero-order valence-electron chi connectivity index (χ0n) is 7.79. The number of hydrogen-bond donors (Lipinski definition) is 2. The van der Waals surface area contributed by atoms with Crippen molar-refractivity contribution >= 4 is 49.3 Å². The molecule has 0 aliphatic rings. The van der Waals surface area contributed by atoms with Gasteiger partial charge < -0.3 is 9.11 Å². The number of rotatable bonds is 3. The predicted molar refractivity (Wildman–Crippen MR) is 48.0 cm³/mol. The first-order valence-electron chi connectivity index (χ1n) is 2.03. The van der Waals surface area contributed by atoms with Crippen molar-refractivity contribution in [2.24, 2.45) is 0 Å². The summed E-state index contributed by atoms with van der Waals surface area (Å²) in [5, 5.41) is 0. The Morgan fingerprint density at radius 2 is 1.00 bits per heavy atom. The molecule has 0 unspecified atom stereocenters. The van der Waals surface area contributed by atoms with Crippen molar-refractivity contribution in [3.8, 4) is 0 Å². The Bertz CT molecular complexity index is 329. The molecule has 0 aromatic carbocycles. The zero-order chi connectivity index (χ0) is 12.0. The Kier molecular flexibility index (Phi) is 21.3. The summed E-state index contributed by atoms with van der Waals surface area (Å²) in [5.41, 5.74) is 0. The van der Waals surface area contributed by atoms with Crippen LogP contribution in [-0.4, -0.2) is 39.3 Å². The molecule has 16 heteroatoms. The van der Waals surface area contributed by atoms with E-state index < -0.39 is 29.7 Å². The van der Waals surface area contributed by atoms with Gasteiger partial charge in [-0.15, -0.1) is 11.4 Å². The summed E-state index contributed by atoms with van der Waals surface area (Å²) in [6, 6.07) is 0. The van der Waals surface area contributed by atoms with E-state index >= 15 is 0 Å². The largest absolute Gasteiger partial charge is 1.00 e. The van der Waals surface area contributed by atoms with E-state index in [1.807, 2.05) is 0 Å². The SMILES string of the molecule is O=S(=O)(O)SSS(=O)(=O)O.O=S([O-])[O-].[Na+].[Na+]. The fourth-order valence-electron chi connectivity index (χ4n) is 0.0702. The van der Waals surface area contributed by atoms with Crippen molar-refractivity contribution in [3.05, 3.63) is 0 Å². The van der Waals surface area contributed by atoms with Gasteiger partial charge in [0.25, 0.3) is 0 Å². The van der Waals surface area contributed by atoms with Gasteiger partial charge in [-0.05, 0) is 0 Å². The Labute approximate surface area is 145 Å². The molecule has 0 heterocycles. The molecular weight excluding hydrogens is 350 g/mol. The molecule has 0 saturated heterocycles. The fraction of sp³-hybridized carbons (Fsp3) is 0. The molecule has 0 aliphatic heterocycles. The summed E-state index contributed by atoms with van der Waals surface area (Å²) in [5.74, 6) is 0. The molecule has 88 valence electrons. The third kappa shape index (κ3) is 43.8. The van der Waals surface area contributed by atoms with Gasteiger partial charge in [0.1, 0.15) is 0 Å². The monoisotopic (exact) mass is 352 g/mol. The first kappa shape index (κ1) is 27.0. The smallest absolute Gasteiger partial charge is 0.784 e. The van der Waals surface area contributed by atoms with Crippen LogP contribution in [0.15, 0.2) is 0 Å². The van der Waals surface area contributed by atoms with E-state index in [0.29, 0.717) is 0 Å². The van der Waals surface area contributed by atoms with Gasteiger partial charge in [0.05, 0.1) is 19.7 Å². The van der Waals surface area contributed by atoms with E-state index in [2.05, 4.69) is 0 Å². The maximum atomic E-state index is 9.80. The van der Waals surface area contributed by atoms with Crippen molar-refractivity contribution in [2.45, 2.75) is 0 Å². The molecule has 0 rings (SSSR count). The first-order valence-corrected chi connectivity index (χ1v) is 9.10. The van der Waals surface area contributed by atoms with Crippen LogP contribution < -0.4 is 59.1 Å². The van der Waals surface area contributed by atoms with E-state index in [9.17, 15) is 16.8 Å². The van der Waals surface area contributed by atoms with Gasteiger partial charge in [-0.1, -0.05) is 0 Å². The van der Waals surface area contributed by atoms with Crippen LogP contribution in [0.5, 0.6) is 0 Å². The second-order valence-electron chi connectivity index (χ2n) is 1.20. The molecule has 0 fully saturated rings. The van der Waals surface area contributed by atoms with E-state index in [4.69, 9.17) is 22.4 Å². The van der Waals surface area contributed by atoms with Crippen LogP contribution in [-0.2, 0) is 29.7 Å². The summed E-state index contributed by atoms with van der Waals surface area (Å²) >= 11 is -3.11. The quantitative estimate of drug-likeness (QED) is 0.214. The molecule has 2 N–H and O–H groups in total. The first-order chi connectivity index (χ1) is 5.94. The normalized spacial score (nSPS) is 10.6. The van der Waals surface area contributed by atoms with Crippen LogP contribution in [0.1, 0.15) is 0 Å². The van der Waals surface area contributed by atoms with Crippen LogP contribution in [0, 0.1) is 0 Å². The van der Waals surface area contributed by atoms with Gasteiger partial charge in [0, 0.05) is 0 Å². The van der Waals surface area contributed by atoms with Crippen LogP contribution in [0.25, 0.3) is 0 Å². The molecule has 0 spiro atoms. The summed E-state index contributed by atoms with van der Waals surface area (Å²) in [7, 11) is -9.54. The minimum absolute atomic E-state index is 0. The van der Waals surface area contributed by atoms with Gasteiger partial charge in [-0.25, -0.2) is 0 Å². The summed E-state index contributed by atoms with van der Waals surface area (Å²) in [4.78, 5) is 0. The Hall–Kier alpha value is 2.59. The Morgan fingerprint density at radius 3 is 1.06 bits per heavy atom. The van der Waals surface area contributed by atoms with Crippen LogP contribution in [0.3, 0.4) is 0 Å². The van der Waals surface area contributed by atoms with Crippen LogP contribution >= 0.6 is 19.7 Å². The summed E-state index contributed by atoms with van der Waals surface area (Å²) < 4.78 is 80.4. The molecule has 0 aromatic rings. The van der Waals surface area contributed by atoms with Crippen LogP contribution in [0.4, 0.5) is 0 Å². The molecule has 0 saturated carbocycles. The topological polar surface area (TPSA) is 172 Å². The van der Waals surface area contributed by atoms with Crippen molar-refractivity contribution in [3.63, 3.8) is 0 Å². The number of hydrogen-bond acceptors (Lipinski definition) is 9. The standard InChI is InChI=1S/2Na.H2O6S4.H2O3S/c;;1-9(2,3)7-8-10(4,5)6;1-4(2)3/h;;(H,1,2,3)(H,4,5,6);(H2,1,2,3)/q2*+1;;/p-2. The third-order valence-corrected chi connectivity index (χ3v) is 6.89. The van der Waals surface area contributed by atoms with Crippen molar-refractivity contribution in [1.29, 1.82) is 0 Å². The average molecular weight is 352 g/mol. The molecule has 0 amide bonds. The van der Waals surface area contributed by atoms with E-state index in [1.165, 1.54) is 0 Å². The van der Waals surface area contributed by atoms with Crippen LogP contribution in [0.2, 0.25) is 0 Å². The second kappa shape index (κ2) is 12.6. The van der Waals surface area contributed by atoms with E-state index in [-0.39, 0.29) is 78.8 Å². The minimum Gasteiger partial charge on any atom is -0.784 e. The van der Waals surface area contributed by atoms with Gasteiger partial charge in [0.15, 0.2) is 0 Å². The Morgan fingerprint density at radius 1 is 0.875 bits per heavy atom. The summed E-state index contributed by atoms with van der Waals surface area (Å²) in [6.07, 6.45) is 0.